The van der Waals surface area contributed by atoms with Crippen LogP contribution in [0.1, 0.15) is 16.2 Å². The average molecular weight is 287 g/mol. The summed E-state index contributed by atoms with van der Waals surface area (Å²) in [6.07, 6.45) is 3.21. The summed E-state index contributed by atoms with van der Waals surface area (Å²) in [7, 11) is 0. The Bertz CT molecular complexity index is 724. The van der Waals surface area contributed by atoms with Gasteiger partial charge in [-0.2, -0.15) is 0 Å². The Hall–Kier alpha value is -2.61. The maximum absolute atomic E-state index is 11.3. The molecule has 3 aromatic heterocycles. The SMILES string of the molecule is O=C(O)c1nnn(Cc2cscn2)c1-c1cccnc1. The number of carboxylic acids is 1. The molecule has 7 nitrogen and oxygen atoms in total. The molecular formula is C12H9N5O2S. The second-order valence-corrected chi connectivity index (χ2v) is 4.69. The third kappa shape index (κ3) is 2.28. The van der Waals surface area contributed by atoms with E-state index < -0.39 is 5.97 Å². The van der Waals surface area contributed by atoms with Crippen molar-refractivity contribution in [2.24, 2.45) is 0 Å². The predicted molar refractivity (Wildman–Crippen MR) is 71.4 cm³/mol. The lowest BCUT2D eigenvalue weighted by atomic mass is 10.1. The molecule has 0 amide bonds. The lowest BCUT2D eigenvalue weighted by Gasteiger charge is -2.05. The Morgan fingerprint density at radius 1 is 1.45 bits per heavy atom. The van der Waals surface area contributed by atoms with Gasteiger partial charge in [-0.3, -0.25) is 4.98 Å². The van der Waals surface area contributed by atoms with Gasteiger partial charge in [-0.1, -0.05) is 5.21 Å². The van der Waals surface area contributed by atoms with Gasteiger partial charge in [-0.15, -0.1) is 16.4 Å². The summed E-state index contributed by atoms with van der Waals surface area (Å²) < 4.78 is 1.52. The van der Waals surface area contributed by atoms with Crippen molar-refractivity contribution in [3.8, 4) is 11.3 Å². The molecule has 8 heteroatoms. The van der Waals surface area contributed by atoms with Gasteiger partial charge in [0.1, 0.15) is 5.69 Å². The molecule has 3 rings (SSSR count). The molecule has 3 heterocycles. The first-order chi connectivity index (χ1) is 9.75. The minimum absolute atomic E-state index is 0.0896. The number of aromatic nitrogens is 5. The van der Waals surface area contributed by atoms with Crippen LogP contribution in [0.4, 0.5) is 0 Å². The molecule has 0 spiro atoms. The number of hydrogen-bond donors (Lipinski definition) is 1. The highest BCUT2D eigenvalue weighted by Crippen LogP contribution is 2.22. The highest BCUT2D eigenvalue weighted by Gasteiger charge is 2.21. The van der Waals surface area contributed by atoms with Crippen molar-refractivity contribution in [1.29, 1.82) is 0 Å². The van der Waals surface area contributed by atoms with Crippen molar-refractivity contribution in [3.05, 3.63) is 46.8 Å². The smallest absolute Gasteiger partial charge is 0.358 e. The topological polar surface area (TPSA) is 93.8 Å². The van der Waals surface area contributed by atoms with E-state index in [4.69, 9.17) is 0 Å². The molecule has 0 radical (unpaired) electrons. The lowest BCUT2D eigenvalue weighted by Crippen LogP contribution is -2.06. The Balaban J connectivity index is 2.09. The zero-order valence-electron chi connectivity index (χ0n) is 10.2. The van der Waals surface area contributed by atoms with Gasteiger partial charge in [-0.05, 0) is 12.1 Å². The highest BCUT2D eigenvalue weighted by molar-refractivity contribution is 7.07. The molecule has 0 bridgehead atoms. The zero-order chi connectivity index (χ0) is 13.9. The number of hydrogen-bond acceptors (Lipinski definition) is 6. The Labute approximate surface area is 117 Å². The van der Waals surface area contributed by atoms with Gasteiger partial charge in [0, 0.05) is 23.3 Å². The average Bonchev–Trinajstić information content (AvgIpc) is 3.09. The lowest BCUT2D eigenvalue weighted by molar-refractivity contribution is 0.0691. The molecule has 1 N–H and O–H groups in total. The van der Waals surface area contributed by atoms with E-state index in [-0.39, 0.29) is 5.69 Å². The van der Waals surface area contributed by atoms with E-state index in [9.17, 15) is 9.90 Å². The molecule has 0 fully saturated rings. The van der Waals surface area contributed by atoms with Crippen molar-refractivity contribution in [2.45, 2.75) is 6.54 Å². The molecule has 0 aromatic carbocycles. The standard InChI is InChI=1S/C12H9N5O2S/c18-12(19)10-11(8-2-1-3-13-4-8)17(16-15-10)5-9-6-20-7-14-9/h1-4,6-7H,5H2,(H,18,19). The number of rotatable bonds is 4. The first-order valence-corrected chi connectivity index (χ1v) is 6.64. The van der Waals surface area contributed by atoms with E-state index in [2.05, 4.69) is 20.3 Å². The molecule has 20 heavy (non-hydrogen) atoms. The second-order valence-electron chi connectivity index (χ2n) is 3.97. The summed E-state index contributed by atoms with van der Waals surface area (Å²) in [4.78, 5) is 19.4. The van der Waals surface area contributed by atoms with Gasteiger partial charge in [0.2, 0.25) is 0 Å². The fraction of sp³-hybridized carbons (Fsp3) is 0.0833. The van der Waals surface area contributed by atoms with E-state index in [1.54, 1.807) is 30.0 Å². The fourth-order valence-corrected chi connectivity index (χ4v) is 2.37. The van der Waals surface area contributed by atoms with E-state index in [0.29, 0.717) is 17.8 Å². The van der Waals surface area contributed by atoms with E-state index in [1.807, 2.05) is 5.38 Å². The summed E-state index contributed by atoms with van der Waals surface area (Å²) in [6, 6.07) is 3.51. The van der Waals surface area contributed by atoms with E-state index in [0.717, 1.165) is 5.69 Å². The summed E-state index contributed by atoms with van der Waals surface area (Å²) in [5, 5.41) is 18.7. The molecule has 0 aliphatic carbocycles. The van der Waals surface area contributed by atoms with Crippen molar-refractivity contribution < 1.29 is 9.90 Å². The maximum atomic E-state index is 11.3. The zero-order valence-corrected chi connectivity index (χ0v) is 11.0. The van der Waals surface area contributed by atoms with Crippen LogP contribution in [0.2, 0.25) is 0 Å². The third-order valence-electron chi connectivity index (χ3n) is 2.67. The Morgan fingerprint density at radius 2 is 2.35 bits per heavy atom. The molecule has 3 aromatic rings. The van der Waals surface area contributed by atoms with Crippen LogP contribution in [0.3, 0.4) is 0 Å². The molecule has 0 saturated carbocycles. The van der Waals surface area contributed by atoms with Crippen molar-refractivity contribution in [3.63, 3.8) is 0 Å². The largest absolute Gasteiger partial charge is 0.476 e. The van der Waals surface area contributed by atoms with Gasteiger partial charge >= 0.3 is 5.97 Å². The normalized spacial score (nSPS) is 10.6. The highest BCUT2D eigenvalue weighted by atomic mass is 32.1. The maximum Gasteiger partial charge on any atom is 0.358 e. The molecule has 0 atom stereocenters. The molecule has 0 aliphatic heterocycles. The molecule has 0 saturated heterocycles. The summed E-state index contributed by atoms with van der Waals surface area (Å²) in [5.74, 6) is -1.12. The minimum atomic E-state index is -1.12. The van der Waals surface area contributed by atoms with E-state index >= 15 is 0 Å². The quantitative estimate of drug-likeness (QED) is 0.782. The van der Waals surface area contributed by atoms with Crippen LogP contribution < -0.4 is 0 Å². The monoisotopic (exact) mass is 287 g/mol. The summed E-state index contributed by atoms with van der Waals surface area (Å²) in [5.41, 5.74) is 3.52. The van der Waals surface area contributed by atoms with Crippen LogP contribution in [0.5, 0.6) is 0 Å². The Morgan fingerprint density at radius 3 is 3.00 bits per heavy atom. The van der Waals surface area contributed by atoms with Crippen molar-refractivity contribution in [2.75, 3.05) is 0 Å². The number of carbonyl (C=O) groups is 1. The predicted octanol–water partition coefficient (Wildman–Crippen LogP) is 1.54. The van der Waals surface area contributed by atoms with Crippen LogP contribution in [0.25, 0.3) is 11.3 Å². The number of pyridine rings is 1. The second kappa shape index (κ2) is 5.17. The van der Waals surface area contributed by atoms with Gasteiger partial charge in [0.25, 0.3) is 0 Å². The van der Waals surface area contributed by atoms with Gasteiger partial charge in [-0.25, -0.2) is 14.5 Å². The molecule has 0 unspecified atom stereocenters. The number of carboxylic acid groups (broad SMARTS) is 1. The molecular weight excluding hydrogens is 278 g/mol. The van der Waals surface area contributed by atoms with Gasteiger partial charge < -0.3 is 5.11 Å². The Kier molecular flexibility index (Phi) is 3.21. The molecule has 100 valence electrons. The van der Waals surface area contributed by atoms with Crippen LogP contribution in [0, 0.1) is 0 Å². The third-order valence-corrected chi connectivity index (χ3v) is 3.30. The fourth-order valence-electron chi connectivity index (χ4n) is 1.83. The van der Waals surface area contributed by atoms with Crippen LogP contribution in [-0.4, -0.2) is 36.0 Å². The van der Waals surface area contributed by atoms with Crippen molar-refractivity contribution >= 4 is 17.3 Å². The van der Waals surface area contributed by atoms with Gasteiger partial charge in [0.05, 0.1) is 17.7 Å². The number of aromatic carboxylic acids is 1. The number of nitrogens with zero attached hydrogens (tertiary/aromatic N) is 5. The van der Waals surface area contributed by atoms with Crippen molar-refractivity contribution in [1.82, 2.24) is 25.0 Å². The number of thiazole rings is 1. The van der Waals surface area contributed by atoms with E-state index in [1.165, 1.54) is 16.0 Å². The minimum Gasteiger partial charge on any atom is -0.476 e. The molecule has 0 aliphatic rings. The summed E-state index contributed by atoms with van der Waals surface area (Å²) in [6.45, 7) is 0.369. The van der Waals surface area contributed by atoms with Gasteiger partial charge in [0.15, 0.2) is 5.69 Å². The first-order valence-electron chi connectivity index (χ1n) is 5.70. The van der Waals surface area contributed by atoms with Crippen LogP contribution in [0.15, 0.2) is 35.4 Å². The van der Waals surface area contributed by atoms with Crippen LogP contribution >= 0.6 is 11.3 Å². The first kappa shape index (κ1) is 12.4. The van der Waals surface area contributed by atoms with Crippen LogP contribution in [-0.2, 0) is 6.54 Å². The summed E-state index contributed by atoms with van der Waals surface area (Å²) >= 11 is 1.47.